The summed E-state index contributed by atoms with van der Waals surface area (Å²) in [5.41, 5.74) is -0.498. The number of halogens is 4. The van der Waals surface area contributed by atoms with Crippen molar-refractivity contribution in [3.05, 3.63) is 46.3 Å². The second kappa shape index (κ2) is 8.87. The van der Waals surface area contributed by atoms with Gasteiger partial charge in [-0.05, 0) is 46.3 Å². The number of amides is 1. The molecule has 1 saturated heterocycles. The van der Waals surface area contributed by atoms with Crippen LogP contribution in [-0.4, -0.2) is 44.8 Å². The van der Waals surface area contributed by atoms with E-state index >= 15 is 0 Å². The Labute approximate surface area is 171 Å². The summed E-state index contributed by atoms with van der Waals surface area (Å²) in [7, 11) is 0. The SMILES string of the molecule is O=C(COC(=O)c1ccc(Br)o1)Nc1cc(C(F)(F)F)ccc1N1CCOCC1. The van der Waals surface area contributed by atoms with Crippen molar-refractivity contribution in [2.75, 3.05) is 43.1 Å². The van der Waals surface area contributed by atoms with E-state index in [-0.39, 0.29) is 11.4 Å². The summed E-state index contributed by atoms with van der Waals surface area (Å²) in [5.74, 6) is -1.76. The van der Waals surface area contributed by atoms with Gasteiger partial charge >= 0.3 is 12.1 Å². The Morgan fingerprint density at radius 2 is 1.90 bits per heavy atom. The van der Waals surface area contributed by atoms with Gasteiger partial charge in [-0.15, -0.1) is 0 Å². The predicted molar refractivity (Wildman–Crippen MR) is 99.8 cm³/mol. The number of hydrogen-bond acceptors (Lipinski definition) is 6. The van der Waals surface area contributed by atoms with Crippen molar-refractivity contribution in [2.24, 2.45) is 0 Å². The molecule has 1 amide bonds. The molecule has 0 bridgehead atoms. The molecule has 0 unspecified atom stereocenters. The molecule has 2 heterocycles. The first-order valence-electron chi connectivity index (χ1n) is 8.50. The molecule has 1 fully saturated rings. The molecule has 0 spiro atoms. The van der Waals surface area contributed by atoms with Crippen LogP contribution in [0.1, 0.15) is 16.1 Å². The zero-order chi connectivity index (χ0) is 21.0. The number of nitrogens with zero attached hydrogens (tertiary/aromatic N) is 1. The first kappa shape index (κ1) is 21.2. The first-order chi connectivity index (χ1) is 13.7. The second-order valence-electron chi connectivity index (χ2n) is 6.06. The van der Waals surface area contributed by atoms with Crippen molar-refractivity contribution < 1.29 is 36.7 Å². The van der Waals surface area contributed by atoms with Gasteiger partial charge in [0, 0.05) is 13.1 Å². The smallest absolute Gasteiger partial charge is 0.416 e. The van der Waals surface area contributed by atoms with Gasteiger partial charge in [0.1, 0.15) is 0 Å². The fourth-order valence-corrected chi connectivity index (χ4v) is 3.01. The number of ether oxygens (including phenoxy) is 2. The Bertz CT molecular complexity index is 894. The van der Waals surface area contributed by atoms with E-state index in [1.165, 1.54) is 18.2 Å². The summed E-state index contributed by atoms with van der Waals surface area (Å²) in [4.78, 5) is 25.8. The number of esters is 1. The molecule has 2 aromatic rings. The van der Waals surface area contributed by atoms with Crippen molar-refractivity contribution in [1.29, 1.82) is 0 Å². The van der Waals surface area contributed by atoms with Gasteiger partial charge in [-0.3, -0.25) is 4.79 Å². The third-order valence-corrected chi connectivity index (χ3v) is 4.48. The Morgan fingerprint density at radius 1 is 1.17 bits per heavy atom. The number of rotatable bonds is 5. The summed E-state index contributed by atoms with van der Waals surface area (Å²) < 4.78 is 54.7. The van der Waals surface area contributed by atoms with Gasteiger partial charge in [-0.2, -0.15) is 13.2 Å². The average Bonchev–Trinajstić information content (AvgIpc) is 3.12. The predicted octanol–water partition coefficient (Wildman–Crippen LogP) is 3.69. The quantitative estimate of drug-likeness (QED) is 0.662. The highest BCUT2D eigenvalue weighted by atomic mass is 79.9. The van der Waals surface area contributed by atoms with Crippen LogP contribution in [0.15, 0.2) is 39.4 Å². The highest BCUT2D eigenvalue weighted by Gasteiger charge is 2.32. The average molecular weight is 477 g/mol. The van der Waals surface area contributed by atoms with Gasteiger partial charge in [0.15, 0.2) is 11.3 Å². The summed E-state index contributed by atoms with van der Waals surface area (Å²) in [6.07, 6.45) is -4.57. The number of benzene rings is 1. The molecule has 1 aliphatic heterocycles. The Hall–Kier alpha value is -2.53. The van der Waals surface area contributed by atoms with Crippen molar-refractivity contribution in [2.45, 2.75) is 6.18 Å². The van der Waals surface area contributed by atoms with E-state index in [1.54, 1.807) is 0 Å². The molecule has 0 aliphatic carbocycles. The van der Waals surface area contributed by atoms with Gasteiger partial charge in [0.05, 0.1) is 30.2 Å². The molecule has 3 rings (SSSR count). The molecule has 156 valence electrons. The number of hydrogen-bond donors (Lipinski definition) is 1. The minimum Gasteiger partial charge on any atom is -0.450 e. The van der Waals surface area contributed by atoms with Gasteiger partial charge in [0.2, 0.25) is 5.76 Å². The number of furan rings is 1. The number of carbonyl (C=O) groups is 2. The van der Waals surface area contributed by atoms with E-state index in [1.807, 2.05) is 4.90 Å². The molecular weight excluding hydrogens is 461 g/mol. The maximum Gasteiger partial charge on any atom is 0.416 e. The normalized spacial score (nSPS) is 14.6. The minimum absolute atomic E-state index is 0.0245. The van der Waals surface area contributed by atoms with Crippen LogP contribution in [-0.2, 0) is 20.4 Å². The molecule has 0 atom stereocenters. The van der Waals surface area contributed by atoms with E-state index in [0.29, 0.717) is 36.7 Å². The third kappa shape index (κ3) is 5.51. The molecule has 1 N–H and O–H groups in total. The van der Waals surface area contributed by atoms with Crippen LogP contribution in [0.5, 0.6) is 0 Å². The zero-order valence-corrected chi connectivity index (χ0v) is 16.5. The number of alkyl halides is 3. The van der Waals surface area contributed by atoms with Gasteiger partial charge in [0.25, 0.3) is 5.91 Å². The first-order valence-corrected chi connectivity index (χ1v) is 9.29. The molecule has 1 aromatic heterocycles. The molecule has 0 radical (unpaired) electrons. The monoisotopic (exact) mass is 476 g/mol. The topological polar surface area (TPSA) is 81.0 Å². The lowest BCUT2D eigenvalue weighted by Gasteiger charge is -2.31. The van der Waals surface area contributed by atoms with E-state index in [9.17, 15) is 22.8 Å². The van der Waals surface area contributed by atoms with Crippen LogP contribution in [0.4, 0.5) is 24.5 Å². The molecule has 29 heavy (non-hydrogen) atoms. The second-order valence-corrected chi connectivity index (χ2v) is 6.84. The largest absolute Gasteiger partial charge is 0.450 e. The number of anilines is 2. The molecular formula is C18H16BrF3N2O5. The lowest BCUT2D eigenvalue weighted by atomic mass is 10.1. The van der Waals surface area contributed by atoms with E-state index in [2.05, 4.69) is 21.2 Å². The lowest BCUT2D eigenvalue weighted by molar-refractivity contribution is -0.137. The van der Waals surface area contributed by atoms with E-state index in [0.717, 1.165) is 12.1 Å². The fourth-order valence-electron chi connectivity index (χ4n) is 2.71. The summed E-state index contributed by atoms with van der Waals surface area (Å²) in [6, 6.07) is 5.95. The van der Waals surface area contributed by atoms with E-state index < -0.39 is 30.2 Å². The van der Waals surface area contributed by atoms with Crippen molar-refractivity contribution in [3.8, 4) is 0 Å². The number of nitrogens with one attached hydrogen (secondary N) is 1. The molecule has 7 nitrogen and oxygen atoms in total. The van der Waals surface area contributed by atoms with Crippen LogP contribution >= 0.6 is 15.9 Å². The summed E-state index contributed by atoms with van der Waals surface area (Å²) in [6.45, 7) is 1.10. The fraction of sp³-hybridized carbons (Fsp3) is 0.333. The highest BCUT2D eigenvalue weighted by Crippen LogP contribution is 2.35. The minimum atomic E-state index is -4.57. The van der Waals surface area contributed by atoms with Crippen molar-refractivity contribution >= 4 is 39.2 Å². The molecule has 1 aliphatic rings. The zero-order valence-electron chi connectivity index (χ0n) is 14.9. The Balaban J connectivity index is 1.72. The molecule has 0 saturated carbocycles. The number of carbonyl (C=O) groups excluding carboxylic acids is 2. The molecule has 11 heteroatoms. The van der Waals surface area contributed by atoms with Crippen LogP contribution in [0.3, 0.4) is 0 Å². The maximum absolute atomic E-state index is 13.1. The number of morpholine rings is 1. The van der Waals surface area contributed by atoms with Crippen LogP contribution in [0, 0.1) is 0 Å². The summed E-state index contributed by atoms with van der Waals surface area (Å²) >= 11 is 3.03. The van der Waals surface area contributed by atoms with Gasteiger partial charge < -0.3 is 24.1 Å². The van der Waals surface area contributed by atoms with Gasteiger partial charge in [-0.25, -0.2) is 4.79 Å². The molecule has 1 aromatic carbocycles. The standard InChI is InChI=1S/C18H16BrF3N2O5/c19-15-4-3-14(29-15)17(26)28-10-16(25)23-12-9-11(18(20,21)22)1-2-13(12)24-5-7-27-8-6-24/h1-4,9H,5-8,10H2,(H,23,25). The van der Waals surface area contributed by atoms with Crippen LogP contribution < -0.4 is 10.2 Å². The Morgan fingerprint density at radius 3 is 2.52 bits per heavy atom. The third-order valence-electron chi connectivity index (χ3n) is 4.06. The van der Waals surface area contributed by atoms with E-state index in [4.69, 9.17) is 13.9 Å². The van der Waals surface area contributed by atoms with Crippen LogP contribution in [0.25, 0.3) is 0 Å². The Kier molecular flexibility index (Phi) is 6.48. The lowest BCUT2D eigenvalue weighted by Crippen LogP contribution is -2.37. The summed E-state index contributed by atoms with van der Waals surface area (Å²) in [5, 5.41) is 2.39. The van der Waals surface area contributed by atoms with Crippen LogP contribution in [0.2, 0.25) is 0 Å². The van der Waals surface area contributed by atoms with Gasteiger partial charge in [-0.1, -0.05) is 0 Å². The van der Waals surface area contributed by atoms with Crippen molar-refractivity contribution in [1.82, 2.24) is 0 Å². The maximum atomic E-state index is 13.1. The highest BCUT2D eigenvalue weighted by molar-refractivity contribution is 9.10. The van der Waals surface area contributed by atoms with Crippen molar-refractivity contribution in [3.63, 3.8) is 0 Å².